The number of hydrogen-bond acceptors (Lipinski definition) is 7. The minimum atomic E-state index is -1.19. The van der Waals surface area contributed by atoms with Crippen molar-refractivity contribution >= 4 is 29.6 Å². The summed E-state index contributed by atoms with van der Waals surface area (Å²) < 4.78 is 16.5. The molecule has 1 saturated carbocycles. The maximum absolute atomic E-state index is 13.3. The van der Waals surface area contributed by atoms with E-state index < -0.39 is 30.2 Å². The summed E-state index contributed by atoms with van der Waals surface area (Å²) in [5.41, 5.74) is 0.214. The van der Waals surface area contributed by atoms with Crippen LogP contribution in [0, 0.1) is 0 Å². The van der Waals surface area contributed by atoms with Gasteiger partial charge in [-0.2, -0.15) is 0 Å². The van der Waals surface area contributed by atoms with Gasteiger partial charge in [-0.1, -0.05) is 31.4 Å². The van der Waals surface area contributed by atoms with Crippen molar-refractivity contribution in [2.75, 3.05) is 32.1 Å². The summed E-state index contributed by atoms with van der Waals surface area (Å²) in [6.45, 7) is 5.26. The van der Waals surface area contributed by atoms with Crippen LogP contribution in [0.3, 0.4) is 0 Å². The lowest BCUT2D eigenvalue weighted by molar-refractivity contribution is -0.139. The van der Waals surface area contributed by atoms with Crippen molar-refractivity contribution in [2.45, 2.75) is 70.9 Å². The number of anilines is 1. The molecule has 2 aromatic rings. The first-order valence-electron chi connectivity index (χ1n) is 14.2. The molecule has 11 heteroatoms. The van der Waals surface area contributed by atoms with Gasteiger partial charge in [-0.25, -0.2) is 9.59 Å². The van der Waals surface area contributed by atoms with E-state index in [1.165, 1.54) is 18.6 Å². The van der Waals surface area contributed by atoms with Gasteiger partial charge in [-0.3, -0.25) is 9.59 Å². The third-order valence-corrected chi connectivity index (χ3v) is 6.65. The standard InChI is InChI=1S/C31H41N3O8/c1-31(2,3)42-30(39)32-17-10-18-40-25-14-9-8-13-23(25)28(37)33-24-16-15-21(19-26(24)41-20-27(35)36)29(38)34(4)22-11-6-5-7-12-22/h8-9,13-16,19,22H,5-7,10-12,17-18,20H2,1-4H3,(H,32,39)(H,33,37)(H,35,36). The molecule has 0 saturated heterocycles. The van der Waals surface area contributed by atoms with E-state index in [0.717, 1.165) is 25.7 Å². The fourth-order valence-electron chi connectivity index (χ4n) is 4.58. The molecule has 0 radical (unpaired) electrons. The van der Waals surface area contributed by atoms with Crippen LogP contribution in [0.1, 0.15) is 80.0 Å². The maximum Gasteiger partial charge on any atom is 0.407 e. The molecule has 1 fully saturated rings. The summed E-state index contributed by atoms with van der Waals surface area (Å²) in [6, 6.07) is 11.4. The number of para-hydroxylation sites is 1. The molecule has 42 heavy (non-hydrogen) atoms. The molecule has 3 N–H and O–H groups in total. The van der Waals surface area contributed by atoms with Crippen LogP contribution in [-0.4, -0.2) is 72.3 Å². The quantitative estimate of drug-likeness (QED) is 0.293. The van der Waals surface area contributed by atoms with Crippen LogP contribution in [0.2, 0.25) is 0 Å². The van der Waals surface area contributed by atoms with E-state index in [1.54, 1.807) is 63.1 Å². The summed E-state index contributed by atoms with van der Waals surface area (Å²) >= 11 is 0. The van der Waals surface area contributed by atoms with E-state index in [-0.39, 0.29) is 35.6 Å². The zero-order chi connectivity index (χ0) is 30.7. The van der Waals surface area contributed by atoms with Gasteiger partial charge in [0.15, 0.2) is 6.61 Å². The van der Waals surface area contributed by atoms with Crippen LogP contribution in [0.25, 0.3) is 0 Å². The summed E-state index contributed by atoms with van der Waals surface area (Å²) in [4.78, 5) is 51.2. The molecule has 0 heterocycles. The molecule has 0 aliphatic heterocycles. The molecular weight excluding hydrogens is 542 g/mol. The number of carboxylic acids is 1. The third-order valence-electron chi connectivity index (χ3n) is 6.65. The highest BCUT2D eigenvalue weighted by atomic mass is 16.6. The van der Waals surface area contributed by atoms with Crippen molar-refractivity contribution in [1.82, 2.24) is 10.2 Å². The average molecular weight is 584 g/mol. The van der Waals surface area contributed by atoms with Crippen molar-refractivity contribution < 1.29 is 38.5 Å². The van der Waals surface area contributed by atoms with Crippen LogP contribution in [0.4, 0.5) is 10.5 Å². The molecule has 0 unspecified atom stereocenters. The maximum atomic E-state index is 13.3. The minimum Gasteiger partial charge on any atom is -0.493 e. The lowest BCUT2D eigenvalue weighted by Crippen LogP contribution is -2.38. The molecule has 228 valence electrons. The zero-order valence-corrected chi connectivity index (χ0v) is 24.7. The average Bonchev–Trinajstić information content (AvgIpc) is 2.95. The number of aliphatic carboxylic acids is 1. The minimum absolute atomic E-state index is 0.0697. The van der Waals surface area contributed by atoms with Crippen molar-refractivity contribution in [3.8, 4) is 11.5 Å². The molecule has 0 bridgehead atoms. The Morgan fingerprint density at radius 3 is 2.38 bits per heavy atom. The van der Waals surface area contributed by atoms with Gasteiger partial charge in [0, 0.05) is 25.2 Å². The molecule has 1 aliphatic carbocycles. The molecule has 3 amide bonds. The van der Waals surface area contributed by atoms with Crippen LogP contribution < -0.4 is 20.1 Å². The van der Waals surface area contributed by atoms with Crippen LogP contribution >= 0.6 is 0 Å². The highest BCUT2D eigenvalue weighted by Gasteiger charge is 2.24. The summed E-state index contributed by atoms with van der Waals surface area (Å²) in [6.07, 6.45) is 5.17. The Hall–Kier alpha value is -4.28. The fraction of sp³-hybridized carbons (Fsp3) is 0.484. The predicted molar refractivity (Wildman–Crippen MR) is 157 cm³/mol. The van der Waals surface area contributed by atoms with Gasteiger partial charge in [0.1, 0.15) is 17.1 Å². The summed E-state index contributed by atoms with van der Waals surface area (Å²) in [7, 11) is 1.77. The summed E-state index contributed by atoms with van der Waals surface area (Å²) in [5.74, 6) is -1.49. The first kappa shape index (κ1) is 32.2. The molecule has 3 rings (SSSR count). The van der Waals surface area contributed by atoms with E-state index >= 15 is 0 Å². The second-order valence-electron chi connectivity index (χ2n) is 11.2. The summed E-state index contributed by atoms with van der Waals surface area (Å²) in [5, 5.41) is 14.6. The lowest BCUT2D eigenvalue weighted by atomic mass is 9.94. The Morgan fingerprint density at radius 2 is 1.69 bits per heavy atom. The monoisotopic (exact) mass is 583 g/mol. The van der Waals surface area contributed by atoms with Crippen molar-refractivity contribution in [3.05, 3.63) is 53.6 Å². The third kappa shape index (κ3) is 9.97. The van der Waals surface area contributed by atoms with Crippen LogP contribution in [0.5, 0.6) is 11.5 Å². The molecular formula is C31H41N3O8. The molecule has 2 aromatic carbocycles. The van der Waals surface area contributed by atoms with Crippen molar-refractivity contribution in [1.29, 1.82) is 0 Å². The van der Waals surface area contributed by atoms with Crippen molar-refractivity contribution in [3.63, 3.8) is 0 Å². The van der Waals surface area contributed by atoms with E-state index in [9.17, 15) is 19.2 Å². The Morgan fingerprint density at radius 1 is 0.976 bits per heavy atom. The second-order valence-corrected chi connectivity index (χ2v) is 11.2. The number of benzene rings is 2. The van der Waals surface area contributed by atoms with E-state index in [0.29, 0.717) is 24.3 Å². The molecule has 1 aliphatic rings. The number of rotatable bonds is 12. The van der Waals surface area contributed by atoms with E-state index in [2.05, 4.69) is 10.6 Å². The van der Waals surface area contributed by atoms with E-state index in [4.69, 9.17) is 19.3 Å². The van der Waals surface area contributed by atoms with Crippen LogP contribution in [0.15, 0.2) is 42.5 Å². The number of carboxylic acid groups (broad SMARTS) is 1. The first-order valence-corrected chi connectivity index (χ1v) is 14.2. The first-order chi connectivity index (χ1) is 19.9. The van der Waals surface area contributed by atoms with Crippen molar-refractivity contribution in [2.24, 2.45) is 0 Å². The number of hydrogen-bond donors (Lipinski definition) is 3. The SMILES string of the molecule is CN(C(=O)c1ccc(NC(=O)c2ccccc2OCCCNC(=O)OC(C)(C)C)c(OCC(=O)O)c1)C1CCCCC1. The number of nitrogens with one attached hydrogen (secondary N) is 2. The van der Waals surface area contributed by atoms with Gasteiger partial charge in [0.25, 0.3) is 11.8 Å². The number of amides is 3. The molecule has 0 spiro atoms. The topological polar surface area (TPSA) is 144 Å². The Labute approximate surface area is 246 Å². The Kier molecular flexibility index (Phi) is 11.6. The molecule has 0 atom stereocenters. The molecule has 0 aromatic heterocycles. The number of alkyl carbamates (subject to hydrolysis) is 1. The Balaban J connectivity index is 1.67. The predicted octanol–water partition coefficient (Wildman–Crippen LogP) is 5.10. The van der Waals surface area contributed by atoms with Crippen LogP contribution in [-0.2, 0) is 9.53 Å². The highest BCUT2D eigenvalue weighted by molar-refractivity contribution is 6.07. The van der Waals surface area contributed by atoms with Gasteiger partial charge in [-0.05, 0) is 70.4 Å². The largest absolute Gasteiger partial charge is 0.493 e. The normalized spacial score (nSPS) is 13.5. The van der Waals surface area contributed by atoms with Gasteiger partial charge < -0.3 is 34.9 Å². The van der Waals surface area contributed by atoms with Gasteiger partial charge >= 0.3 is 12.1 Å². The second kappa shape index (κ2) is 15.1. The molecule has 11 nitrogen and oxygen atoms in total. The number of ether oxygens (including phenoxy) is 3. The fourth-order valence-corrected chi connectivity index (χ4v) is 4.58. The highest BCUT2D eigenvalue weighted by Crippen LogP contribution is 2.30. The van der Waals surface area contributed by atoms with Gasteiger partial charge in [-0.15, -0.1) is 0 Å². The lowest BCUT2D eigenvalue weighted by Gasteiger charge is -2.31. The number of carbonyl (C=O) groups is 4. The van der Waals surface area contributed by atoms with E-state index in [1.807, 2.05) is 0 Å². The number of nitrogens with zero attached hydrogens (tertiary/aromatic N) is 1. The van der Waals surface area contributed by atoms with Gasteiger partial charge in [0.2, 0.25) is 0 Å². The van der Waals surface area contributed by atoms with Gasteiger partial charge in [0.05, 0.1) is 17.9 Å². The zero-order valence-electron chi connectivity index (χ0n) is 24.7. The smallest absolute Gasteiger partial charge is 0.407 e. The number of carbonyl (C=O) groups excluding carboxylic acids is 3. The Bertz CT molecular complexity index is 1250.